The Labute approximate surface area is 129 Å². The highest BCUT2D eigenvalue weighted by Gasteiger charge is 2.18. The monoisotopic (exact) mass is 355 g/mol. The molecule has 2 aromatic heterocycles. The van der Waals surface area contributed by atoms with E-state index in [0.29, 0.717) is 0 Å². The number of thioether (sulfide) groups is 1. The fraction of sp³-hybridized carbons (Fsp3) is 0.385. The van der Waals surface area contributed by atoms with Crippen molar-refractivity contribution in [3.63, 3.8) is 0 Å². The Balaban J connectivity index is 1.71. The Hall–Kier alpha value is -0.430. The number of fused-ring (bicyclic) bond motifs is 1. The van der Waals surface area contributed by atoms with Crippen LogP contribution in [0.5, 0.6) is 0 Å². The first kappa shape index (κ1) is 13.5. The lowest BCUT2D eigenvalue weighted by Crippen LogP contribution is -2.30. The molecule has 0 amide bonds. The van der Waals surface area contributed by atoms with Crippen molar-refractivity contribution in [1.29, 1.82) is 0 Å². The molecule has 3 heterocycles. The van der Waals surface area contributed by atoms with Gasteiger partial charge in [-0.2, -0.15) is 0 Å². The highest BCUT2D eigenvalue weighted by Crippen LogP contribution is 2.24. The van der Waals surface area contributed by atoms with Crippen molar-refractivity contribution in [3.05, 3.63) is 38.3 Å². The maximum atomic E-state index is 4.60. The van der Waals surface area contributed by atoms with Crippen molar-refractivity contribution in [2.24, 2.45) is 0 Å². The van der Waals surface area contributed by atoms with Crippen LogP contribution >= 0.6 is 39.0 Å². The van der Waals surface area contributed by atoms with Gasteiger partial charge in [-0.15, -0.1) is 11.3 Å². The van der Waals surface area contributed by atoms with Gasteiger partial charge in [-0.25, -0.2) is 9.97 Å². The molecule has 100 valence electrons. The van der Waals surface area contributed by atoms with Crippen molar-refractivity contribution >= 4 is 39.0 Å². The van der Waals surface area contributed by atoms with Crippen LogP contribution in [-0.2, 0) is 19.5 Å². The van der Waals surface area contributed by atoms with Crippen molar-refractivity contribution in [2.45, 2.75) is 24.7 Å². The van der Waals surface area contributed by atoms with Crippen LogP contribution in [0.1, 0.15) is 16.1 Å². The van der Waals surface area contributed by atoms with Gasteiger partial charge in [0, 0.05) is 52.5 Å². The number of nitrogens with zero attached hydrogens (tertiary/aromatic N) is 3. The van der Waals surface area contributed by atoms with E-state index in [-0.39, 0.29) is 0 Å². The maximum absolute atomic E-state index is 4.60. The maximum Gasteiger partial charge on any atom is 0.187 e. The SMILES string of the molecule is CSc1ncc2c(n1)CCN(Cc1cc(Br)cs1)C2. The lowest BCUT2D eigenvalue weighted by atomic mass is 10.1. The molecule has 1 aliphatic heterocycles. The molecule has 0 N–H and O–H groups in total. The molecule has 0 aromatic carbocycles. The van der Waals surface area contributed by atoms with Crippen LogP contribution < -0.4 is 0 Å². The quantitative estimate of drug-likeness (QED) is 0.621. The number of rotatable bonds is 3. The van der Waals surface area contributed by atoms with Gasteiger partial charge >= 0.3 is 0 Å². The predicted octanol–water partition coefficient (Wildman–Crippen LogP) is 3.58. The second-order valence-electron chi connectivity index (χ2n) is 4.52. The minimum Gasteiger partial charge on any atom is -0.293 e. The molecule has 1 aliphatic rings. The normalized spacial score (nSPS) is 15.5. The van der Waals surface area contributed by atoms with Crippen molar-refractivity contribution < 1.29 is 0 Å². The van der Waals surface area contributed by atoms with Crippen molar-refractivity contribution in [2.75, 3.05) is 12.8 Å². The average Bonchev–Trinajstić information content (AvgIpc) is 2.83. The Morgan fingerprint density at radius 3 is 3.16 bits per heavy atom. The summed E-state index contributed by atoms with van der Waals surface area (Å²) >= 11 is 6.92. The third-order valence-electron chi connectivity index (χ3n) is 3.17. The van der Waals surface area contributed by atoms with E-state index in [1.165, 1.54) is 20.6 Å². The van der Waals surface area contributed by atoms with E-state index >= 15 is 0 Å². The Kier molecular flexibility index (Phi) is 4.21. The zero-order valence-corrected chi connectivity index (χ0v) is 13.8. The van der Waals surface area contributed by atoms with E-state index < -0.39 is 0 Å². The molecular formula is C13H14BrN3S2. The van der Waals surface area contributed by atoms with Crippen LogP contribution in [0.3, 0.4) is 0 Å². The second kappa shape index (κ2) is 5.91. The van der Waals surface area contributed by atoms with Gasteiger partial charge in [0.1, 0.15) is 0 Å². The van der Waals surface area contributed by atoms with Gasteiger partial charge in [-0.05, 0) is 28.3 Å². The van der Waals surface area contributed by atoms with Gasteiger partial charge in [-0.3, -0.25) is 4.90 Å². The largest absolute Gasteiger partial charge is 0.293 e. The zero-order chi connectivity index (χ0) is 13.2. The number of aromatic nitrogens is 2. The van der Waals surface area contributed by atoms with Crippen LogP contribution in [0.15, 0.2) is 27.3 Å². The van der Waals surface area contributed by atoms with Gasteiger partial charge in [0.2, 0.25) is 0 Å². The van der Waals surface area contributed by atoms with Crippen LogP contribution in [0.25, 0.3) is 0 Å². The lowest BCUT2D eigenvalue weighted by molar-refractivity contribution is 0.244. The number of thiophene rings is 1. The fourth-order valence-electron chi connectivity index (χ4n) is 2.25. The molecule has 0 fully saturated rings. The van der Waals surface area contributed by atoms with Gasteiger partial charge in [0.05, 0.1) is 5.69 Å². The first-order valence-corrected chi connectivity index (χ1v) is 8.98. The molecule has 0 spiro atoms. The summed E-state index contributed by atoms with van der Waals surface area (Å²) < 4.78 is 1.18. The zero-order valence-electron chi connectivity index (χ0n) is 10.6. The summed E-state index contributed by atoms with van der Waals surface area (Å²) in [5, 5.41) is 3.02. The van der Waals surface area contributed by atoms with E-state index in [2.05, 4.69) is 42.2 Å². The summed E-state index contributed by atoms with van der Waals surface area (Å²) in [6.07, 6.45) is 5.04. The van der Waals surface area contributed by atoms with E-state index in [1.807, 2.05) is 23.8 Å². The Morgan fingerprint density at radius 1 is 1.53 bits per heavy atom. The summed E-state index contributed by atoms with van der Waals surface area (Å²) in [5.41, 5.74) is 2.50. The van der Waals surface area contributed by atoms with E-state index in [4.69, 9.17) is 0 Å². The Bertz CT molecular complexity index is 585. The van der Waals surface area contributed by atoms with E-state index in [1.54, 1.807) is 11.8 Å². The lowest BCUT2D eigenvalue weighted by Gasteiger charge is -2.27. The molecule has 0 unspecified atom stereocenters. The van der Waals surface area contributed by atoms with Gasteiger partial charge in [0.15, 0.2) is 5.16 Å². The minimum absolute atomic E-state index is 0.884. The molecule has 6 heteroatoms. The highest BCUT2D eigenvalue weighted by molar-refractivity contribution is 9.10. The molecular weight excluding hydrogens is 342 g/mol. The Morgan fingerprint density at radius 2 is 2.42 bits per heavy atom. The molecule has 0 bridgehead atoms. The smallest absolute Gasteiger partial charge is 0.187 e. The van der Waals surface area contributed by atoms with Crippen LogP contribution in [0.2, 0.25) is 0 Å². The summed E-state index contributed by atoms with van der Waals surface area (Å²) in [7, 11) is 0. The standard InChI is InChI=1S/C13H14BrN3S2/c1-18-13-15-5-9-6-17(3-2-12(9)16-13)7-11-4-10(14)8-19-11/h4-5,8H,2-3,6-7H2,1H3. The van der Waals surface area contributed by atoms with Crippen molar-refractivity contribution in [1.82, 2.24) is 14.9 Å². The summed E-state index contributed by atoms with van der Waals surface area (Å²) in [4.78, 5) is 12.8. The molecule has 0 atom stereocenters. The predicted molar refractivity (Wildman–Crippen MR) is 83.7 cm³/mol. The summed E-state index contributed by atoms with van der Waals surface area (Å²) in [6, 6.07) is 2.20. The third-order valence-corrected chi connectivity index (χ3v) is 5.42. The minimum atomic E-state index is 0.884. The van der Waals surface area contributed by atoms with Gasteiger partial charge in [0.25, 0.3) is 0 Å². The first-order chi connectivity index (χ1) is 9.24. The van der Waals surface area contributed by atoms with Crippen LogP contribution in [0, 0.1) is 0 Å². The summed E-state index contributed by atoms with van der Waals surface area (Å²) in [5.74, 6) is 0. The number of halogens is 1. The highest BCUT2D eigenvalue weighted by atomic mass is 79.9. The van der Waals surface area contributed by atoms with E-state index in [9.17, 15) is 0 Å². The third kappa shape index (κ3) is 3.18. The molecule has 0 saturated carbocycles. The van der Waals surface area contributed by atoms with Gasteiger partial charge in [-0.1, -0.05) is 11.8 Å². The number of hydrogen-bond acceptors (Lipinski definition) is 5. The van der Waals surface area contributed by atoms with Crippen LogP contribution in [0.4, 0.5) is 0 Å². The molecule has 19 heavy (non-hydrogen) atoms. The number of hydrogen-bond donors (Lipinski definition) is 0. The molecule has 0 saturated heterocycles. The average molecular weight is 356 g/mol. The molecule has 2 aromatic rings. The van der Waals surface area contributed by atoms with Gasteiger partial charge < -0.3 is 0 Å². The topological polar surface area (TPSA) is 29.0 Å². The molecule has 3 rings (SSSR count). The first-order valence-electron chi connectivity index (χ1n) is 6.08. The second-order valence-corrected chi connectivity index (χ2v) is 7.21. The summed E-state index contributed by atoms with van der Waals surface area (Å²) in [6.45, 7) is 3.05. The van der Waals surface area contributed by atoms with E-state index in [0.717, 1.165) is 31.2 Å². The molecule has 0 aliphatic carbocycles. The van der Waals surface area contributed by atoms with Crippen molar-refractivity contribution in [3.8, 4) is 0 Å². The molecule has 3 nitrogen and oxygen atoms in total. The molecule has 0 radical (unpaired) electrons. The van der Waals surface area contributed by atoms with Crippen LogP contribution in [-0.4, -0.2) is 27.7 Å². The fourth-order valence-corrected chi connectivity index (χ4v) is 4.10.